The molecule has 84 valence electrons. The maximum atomic E-state index is 5.66. The summed E-state index contributed by atoms with van der Waals surface area (Å²) in [6.07, 6.45) is 0. The third-order valence-electron chi connectivity index (χ3n) is 2.17. The Morgan fingerprint density at radius 1 is 1.19 bits per heavy atom. The molecule has 5 heteroatoms. The molecule has 0 fully saturated rings. The molecule has 0 spiro atoms. The molecule has 0 amide bonds. The fourth-order valence-corrected chi connectivity index (χ4v) is 1.50. The van der Waals surface area contributed by atoms with Gasteiger partial charge in [-0.25, -0.2) is 0 Å². The van der Waals surface area contributed by atoms with E-state index in [0.717, 1.165) is 17.0 Å². The van der Waals surface area contributed by atoms with Crippen LogP contribution in [0.3, 0.4) is 0 Å². The highest BCUT2D eigenvalue weighted by atomic mass is 16.5. The molecule has 16 heavy (non-hydrogen) atoms. The van der Waals surface area contributed by atoms with Gasteiger partial charge in [-0.1, -0.05) is 5.16 Å². The van der Waals surface area contributed by atoms with E-state index in [9.17, 15) is 0 Å². The molecule has 2 aromatic heterocycles. The normalized spacial score (nSPS) is 12.8. The number of aromatic nitrogens is 3. The van der Waals surface area contributed by atoms with Crippen LogP contribution >= 0.6 is 0 Å². The van der Waals surface area contributed by atoms with Crippen LogP contribution in [0.5, 0.6) is 0 Å². The molecule has 0 saturated heterocycles. The van der Waals surface area contributed by atoms with Gasteiger partial charge in [-0.05, 0) is 32.9 Å². The molecular formula is C11H14N4O. The van der Waals surface area contributed by atoms with Crippen molar-refractivity contribution in [3.05, 3.63) is 29.4 Å². The minimum Gasteiger partial charge on any atom is -0.337 e. The molecule has 0 aliphatic rings. The Balaban J connectivity index is 2.42. The largest absolute Gasteiger partial charge is 0.337 e. The first-order chi connectivity index (χ1) is 7.56. The number of nitrogens with zero attached hydrogens (tertiary/aromatic N) is 3. The zero-order valence-electron chi connectivity index (χ0n) is 9.56. The van der Waals surface area contributed by atoms with Crippen molar-refractivity contribution in [1.29, 1.82) is 0 Å². The van der Waals surface area contributed by atoms with Gasteiger partial charge in [0, 0.05) is 17.0 Å². The molecule has 0 aromatic carbocycles. The molecule has 0 saturated carbocycles. The third kappa shape index (κ3) is 2.09. The fraction of sp³-hybridized carbons (Fsp3) is 0.364. The average molecular weight is 218 g/mol. The fourth-order valence-electron chi connectivity index (χ4n) is 1.50. The molecule has 0 unspecified atom stereocenters. The maximum absolute atomic E-state index is 5.66. The van der Waals surface area contributed by atoms with Crippen molar-refractivity contribution in [2.75, 3.05) is 0 Å². The summed E-state index contributed by atoms with van der Waals surface area (Å²) in [5, 5.41) is 3.90. The van der Waals surface area contributed by atoms with E-state index < -0.39 is 0 Å². The average Bonchev–Trinajstić information content (AvgIpc) is 2.64. The first-order valence-corrected chi connectivity index (χ1v) is 5.11. The summed E-state index contributed by atoms with van der Waals surface area (Å²) in [6.45, 7) is 5.67. The Bertz CT molecular complexity index is 484. The van der Waals surface area contributed by atoms with E-state index in [2.05, 4.69) is 15.1 Å². The third-order valence-corrected chi connectivity index (χ3v) is 2.17. The predicted octanol–water partition coefficient (Wildman–Crippen LogP) is 1.77. The minimum atomic E-state index is -0.245. The lowest BCUT2D eigenvalue weighted by molar-refractivity contribution is 0.362. The molecule has 2 aromatic rings. The van der Waals surface area contributed by atoms with Crippen molar-refractivity contribution >= 4 is 0 Å². The number of hydrogen-bond donors (Lipinski definition) is 1. The molecule has 0 aliphatic carbocycles. The Morgan fingerprint density at radius 3 is 2.31 bits per heavy atom. The van der Waals surface area contributed by atoms with Crippen LogP contribution in [0, 0.1) is 13.8 Å². The van der Waals surface area contributed by atoms with E-state index in [0.29, 0.717) is 11.7 Å². The van der Waals surface area contributed by atoms with E-state index in [1.54, 1.807) is 6.92 Å². The van der Waals surface area contributed by atoms with Crippen molar-refractivity contribution in [2.45, 2.75) is 26.8 Å². The van der Waals surface area contributed by atoms with Gasteiger partial charge in [0.1, 0.15) is 0 Å². The lowest BCUT2D eigenvalue weighted by Crippen LogP contribution is -2.04. The van der Waals surface area contributed by atoms with E-state index in [-0.39, 0.29) is 6.04 Å². The number of pyridine rings is 1. The van der Waals surface area contributed by atoms with Crippen molar-refractivity contribution in [3.63, 3.8) is 0 Å². The number of nitrogens with two attached hydrogens (primary N) is 1. The van der Waals surface area contributed by atoms with Crippen LogP contribution in [0.4, 0.5) is 0 Å². The first kappa shape index (κ1) is 10.8. The summed E-state index contributed by atoms with van der Waals surface area (Å²) in [4.78, 5) is 8.52. The lowest BCUT2D eigenvalue weighted by atomic mass is 10.2. The van der Waals surface area contributed by atoms with Crippen LogP contribution in [0.15, 0.2) is 16.7 Å². The van der Waals surface area contributed by atoms with Gasteiger partial charge in [-0.3, -0.25) is 4.98 Å². The molecule has 2 N–H and O–H groups in total. The SMILES string of the molecule is Cc1cc(-c2noc([C@@H](C)N)n2)cc(C)n1. The zero-order valence-corrected chi connectivity index (χ0v) is 9.56. The van der Waals surface area contributed by atoms with E-state index >= 15 is 0 Å². The van der Waals surface area contributed by atoms with Crippen LogP contribution in [0.1, 0.15) is 30.2 Å². The lowest BCUT2D eigenvalue weighted by Gasteiger charge is -1.99. The summed E-state index contributed by atoms with van der Waals surface area (Å²) >= 11 is 0. The van der Waals surface area contributed by atoms with E-state index in [4.69, 9.17) is 10.3 Å². The van der Waals surface area contributed by atoms with Gasteiger partial charge in [-0.15, -0.1) is 0 Å². The van der Waals surface area contributed by atoms with Gasteiger partial charge < -0.3 is 10.3 Å². The highest BCUT2D eigenvalue weighted by molar-refractivity contribution is 5.55. The number of rotatable bonds is 2. The number of hydrogen-bond acceptors (Lipinski definition) is 5. The standard InChI is InChI=1S/C11H14N4O/c1-6-4-9(5-7(2)13-6)10-14-11(8(3)12)16-15-10/h4-5,8H,12H2,1-3H3/t8-/m1/s1. The van der Waals surface area contributed by atoms with Crippen LogP contribution in [0.2, 0.25) is 0 Å². The second-order valence-corrected chi connectivity index (χ2v) is 3.88. The van der Waals surface area contributed by atoms with Gasteiger partial charge in [0.05, 0.1) is 6.04 Å². The van der Waals surface area contributed by atoms with Crippen molar-refractivity contribution < 1.29 is 4.52 Å². The Hall–Kier alpha value is -1.75. The summed E-state index contributed by atoms with van der Waals surface area (Å²) in [7, 11) is 0. The smallest absolute Gasteiger partial charge is 0.243 e. The van der Waals surface area contributed by atoms with Crippen LogP contribution < -0.4 is 5.73 Å². The molecule has 5 nitrogen and oxygen atoms in total. The highest BCUT2D eigenvalue weighted by Gasteiger charge is 2.12. The Labute approximate surface area is 93.7 Å². The second-order valence-electron chi connectivity index (χ2n) is 3.88. The highest BCUT2D eigenvalue weighted by Crippen LogP contribution is 2.19. The van der Waals surface area contributed by atoms with Crippen LogP contribution in [0.25, 0.3) is 11.4 Å². The van der Waals surface area contributed by atoms with E-state index in [1.165, 1.54) is 0 Å². The predicted molar refractivity (Wildman–Crippen MR) is 59.6 cm³/mol. The van der Waals surface area contributed by atoms with Crippen LogP contribution in [-0.2, 0) is 0 Å². The Morgan fingerprint density at radius 2 is 1.81 bits per heavy atom. The van der Waals surface area contributed by atoms with Gasteiger partial charge in [-0.2, -0.15) is 4.98 Å². The molecule has 2 heterocycles. The topological polar surface area (TPSA) is 77.8 Å². The monoisotopic (exact) mass is 218 g/mol. The van der Waals surface area contributed by atoms with E-state index in [1.807, 2.05) is 26.0 Å². The van der Waals surface area contributed by atoms with Crippen molar-refractivity contribution in [1.82, 2.24) is 15.1 Å². The van der Waals surface area contributed by atoms with Crippen molar-refractivity contribution in [3.8, 4) is 11.4 Å². The van der Waals surface area contributed by atoms with Gasteiger partial charge in [0.25, 0.3) is 0 Å². The summed E-state index contributed by atoms with van der Waals surface area (Å²) < 4.78 is 5.05. The van der Waals surface area contributed by atoms with Gasteiger partial charge in [0.2, 0.25) is 11.7 Å². The Kier molecular flexibility index (Phi) is 2.70. The molecule has 0 radical (unpaired) electrons. The summed E-state index contributed by atoms with van der Waals surface area (Å²) in [6, 6.07) is 3.59. The summed E-state index contributed by atoms with van der Waals surface area (Å²) in [5.74, 6) is 1.00. The second kappa shape index (κ2) is 4.02. The van der Waals surface area contributed by atoms with Gasteiger partial charge >= 0.3 is 0 Å². The van der Waals surface area contributed by atoms with Crippen LogP contribution in [-0.4, -0.2) is 15.1 Å². The maximum Gasteiger partial charge on any atom is 0.243 e. The quantitative estimate of drug-likeness (QED) is 0.831. The molecule has 0 bridgehead atoms. The number of aryl methyl sites for hydroxylation is 2. The first-order valence-electron chi connectivity index (χ1n) is 5.11. The molecule has 1 atom stereocenters. The van der Waals surface area contributed by atoms with Crippen molar-refractivity contribution in [2.24, 2.45) is 5.73 Å². The zero-order chi connectivity index (χ0) is 11.7. The minimum absolute atomic E-state index is 0.245. The molecule has 2 rings (SSSR count). The summed E-state index contributed by atoms with van der Waals surface area (Å²) in [5.41, 5.74) is 8.42. The van der Waals surface area contributed by atoms with Gasteiger partial charge in [0.15, 0.2) is 0 Å². The molecular weight excluding hydrogens is 204 g/mol. The molecule has 0 aliphatic heterocycles.